The minimum absolute atomic E-state index is 0.0253. The van der Waals surface area contributed by atoms with Crippen molar-refractivity contribution in [2.75, 3.05) is 26.2 Å². The molecule has 2 rings (SSSR count). The molecular formula is C14H21F3N4O2S2. The van der Waals surface area contributed by atoms with Crippen LogP contribution in [0.4, 0.5) is 13.2 Å². The summed E-state index contributed by atoms with van der Waals surface area (Å²) < 4.78 is 60.7. The van der Waals surface area contributed by atoms with Crippen LogP contribution in [-0.4, -0.2) is 50.4 Å². The minimum Gasteiger partial charge on any atom is -0.370 e. The van der Waals surface area contributed by atoms with Gasteiger partial charge in [-0.1, -0.05) is 6.07 Å². The molecule has 25 heavy (non-hydrogen) atoms. The van der Waals surface area contributed by atoms with Crippen LogP contribution in [0.25, 0.3) is 0 Å². The normalized spacial score (nSPS) is 18.4. The van der Waals surface area contributed by atoms with Crippen LogP contribution in [0.3, 0.4) is 0 Å². The number of nitrogens with zero attached hydrogens (tertiary/aromatic N) is 2. The first kappa shape index (κ1) is 20.0. The number of aliphatic imine (C=N–C) groups is 1. The van der Waals surface area contributed by atoms with Gasteiger partial charge in [-0.3, -0.25) is 4.99 Å². The van der Waals surface area contributed by atoms with Crippen LogP contribution in [0.5, 0.6) is 0 Å². The zero-order valence-electron chi connectivity index (χ0n) is 13.5. The van der Waals surface area contributed by atoms with Gasteiger partial charge in [0.05, 0.1) is 0 Å². The molecule has 1 aliphatic rings. The second-order valence-corrected chi connectivity index (χ2v) is 8.74. The average Bonchev–Trinajstić information content (AvgIpc) is 3.05. The summed E-state index contributed by atoms with van der Waals surface area (Å²) in [5.74, 6) is 0.319. The Hall–Kier alpha value is -1.33. The molecule has 1 aromatic rings. The van der Waals surface area contributed by atoms with E-state index in [2.05, 4.69) is 10.3 Å². The first-order valence-electron chi connectivity index (χ1n) is 7.82. The van der Waals surface area contributed by atoms with E-state index in [0.29, 0.717) is 36.2 Å². The fourth-order valence-corrected chi connectivity index (χ4v) is 4.22. The van der Waals surface area contributed by atoms with Crippen molar-refractivity contribution in [2.45, 2.75) is 24.8 Å². The molecule has 3 N–H and O–H groups in total. The third-order valence-electron chi connectivity index (χ3n) is 3.98. The fourth-order valence-electron chi connectivity index (χ4n) is 2.53. The molecule has 0 amide bonds. The summed E-state index contributed by atoms with van der Waals surface area (Å²) in [4.78, 5) is 5.43. The molecule has 0 radical (unpaired) electrons. The molecule has 142 valence electrons. The van der Waals surface area contributed by atoms with Crippen molar-refractivity contribution >= 4 is 27.3 Å². The second-order valence-electron chi connectivity index (χ2n) is 5.78. The summed E-state index contributed by atoms with van der Waals surface area (Å²) >= 11 is 1.66. The van der Waals surface area contributed by atoms with E-state index in [0.717, 1.165) is 6.42 Å². The minimum atomic E-state index is -5.24. The van der Waals surface area contributed by atoms with Gasteiger partial charge in [0.15, 0.2) is 5.96 Å². The van der Waals surface area contributed by atoms with E-state index in [1.54, 1.807) is 11.3 Å². The number of hydrogen-bond acceptors (Lipinski definition) is 4. The van der Waals surface area contributed by atoms with Crippen LogP contribution in [0.2, 0.25) is 0 Å². The van der Waals surface area contributed by atoms with Crippen LogP contribution >= 0.6 is 11.3 Å². The monoisotopic (exact) mass is 398 g/mol. The lowest BCUT2D eigenvalue weighted by Crippen LogP contribution is -2.45. The smallest absolute Gasteiger partial charge is 0.370 e. The Bertz CT molecular complexity index is 667. The molecule has 0 bridgehead atoms. The molecule has 1 saturated heterocycles. The van der Waals surface area contributed by atoms with E-state index in [-0.39, 0.29) is 19.0 Å². The molecule has 2 heterocycles. The maximum Gasteiger partial charge on any atom is 0.511 e. The van der Waals surface area contributed by atoms with Crippen LogP contribution < -0.4 is 11.1 Å². The van der Waals surface area contributed by atoms with Crippen molar-refractivity contribution in [1.29, 1.82) is 0 Å². The molecular weight excluding hydrogens is 377 g/mol. The van der Waals surface area contributed by atoms with Crippen LogP contribution in [0.1, 0.15) is 17.7 Å². The Labute approximate surface area is 149 Å². The number of nitrogens with two attached hydrogens (primary N) is 1. The Balaban J connectivity index is 1.72. The van der Waals surface area contributed by atoms with Gasteiger partial charge in [-0.05, 0) is 36.6 Å². The van der Waals surface area contributed by atoms with Crippen LogP contribution in [-0.2, 0) is 16.4 Å². The lowest BCUT2D eigenvalue weighted by molar-refractivity contribution is -0.0496. The third-order valence-corrected chi connectivity index (χ3v) is 6.55. The molecule has 0 atom stereocenters. The molecule has 0 unspecified atom stereocenters. The summed E-state index contributed by atoms with van der Waals surface area (Å²) in [6.45, 7) is 0.733. The number of alkyl halides is 3. The van der Waals surface area contributed by atoms with Crippen molar-refractivity contribution in [3.63, 3.8) is 0 Å². The standard InChI is InChI=1S/C14H21F3N4O2S2/c15-14(16,17)25(22,23)21-7-4-11(5-8-21)10-20-13(18)19-6-3-12-2-1-9-24-12/h1-2,9,11H,3-8,10H2,(H3,18,19,20). The topological polar surface area (TPSA) is 87.8 Å². The molecule has 1 aromatic heterocycles. The van der Waals surface area contributed by atoms with Gasteiger partial charge in [0, 0.05) is 31.1 Å². The molecule has 11 heteroatoms. The number of guanidine groups is 1. The number of rotatable bonds is 6. The van der Waals surface area contributed by atoms with Gasteiger partial charge >= 0.3 is 15.5 Å². The number of thiophene rings is 1. The van der Waals surface area contributed by atoms with Crippen molar-refractivity contribution in [2.24, 2.45) is 16.6 Å². The highest BCUT2D eigenvalue weighted by atomic mass is 32.2. The molecule has 6 nitrogen and oxygen atoms in total. The third kappa shape index (κ3) is 5.58. The van der Waals surface area contributed by atoms with E-state index in [9.17, 15) is 21.6 Å². The number of halogens is 3. The highest BCUT2D eigenvalue weighted by molar-refractivity contribution is 7.90. The van der Waals surface area contributed by atoms with Crippen molar-refractivity contribution in [3.05, 3.63) is 22.4 Å². The van der Waals surface area contributed by atoms with Gasteiger partial charge in [-0.15, -0.1) is 11.3 Å². The first-order valence-corrected chi connectivity index (χ1v) is 10.1. The SMILES string of the molecule is NC(=NCC1CCN(S(=O)(=O)C(F)(F)F)CC1)NCCc1cccs1. The van der Waals surface area contributed by atoms with E-state index in [1.165, 1.54) is 4.88 Å². The summed E-state index contributed by atoms with van der Waals surface area (Å²) in [5, 5.41) is 4.99. The predicted octanol–water partition coefficient (Wildman–Crippen LogP) is 1.76. The summed E-state index contributed by atoms with van der Waals surface area (Å²) in [6.07, 6.45) is 1.50. The summed E-state index contributed by atoms with van der Waals surface area (Å²) in [7, 11) is -5.23. The van der Waals surface area contributed by atoms with Crippen molar-refractivity contribution in [3.8, 4) is 0 Å². The van der Waals surface area contributed by atoms with E-state index < -0.39 is 15.5 Å². The number of sulfonamides is 1. The molecule has 0 aliphatic carbocycles. The predicted molar refractivity (Wildman–Crippen MR) is 91.8 cm³/mol. The number of hydrogen-bond donors (Lipinski definition) is 2. The van der Waals surface area contributed by atoms with Crippen molar-refractivity contribution < 1.29 is 21.6 Å². The lowest BCUT2D eigenvalue weighted by atomic mass is 9.98. The Morgan fingerprint density at radius 2 is 2.08 bits per heavy atom. The Morgan fingerprint density at radius 3 is 2.64 bits per heavy atom. The average molecular weight is 398 g/mol. The van der Waals surface area contributed by atoms with Crippen molar-refractivity contribution in [1.82, 2.24) is 9.62 Å². The van der Waals surface area contributed by atoms with E-state index in [4.69, 9.17) is 5.73 Å². The Morgan fingerprint density at radius 1 is 1.40 bits per heavy atom. The lowest BCUT2D eigenvalue weighted by Gasteiger charge is -2.30. The highest BCUT2D eigenvalue weighted by Crippen LogP contribution is 2.30. The van der Waals surface area contributed by atoms with Crippen LogP contribution in [0, 0.1) is 5.92 Å². The molecule has 1 fully saturated rings. The number of nitrogens with one attached hydrogen (secondary N) is 1. The van der Waals surface area contributed by atoms with Gasteiger partial charge in [-0.25, -0.2) is 8.42 Å². The van der Waals surface area contributed by atoms with Gasteiger partial charge in [0.25, 0.3) is 0 Å². The van der Waals surface area contributed by atoms with Gasteiger partial charge < -0.3 is 11.1 Å². The van der Waals surface area contributed by atoms with Gasteiger partial charge in [-0.2, -0.15) is 17.5 Å². The summed E-state index contributed by atoms with van der Waals surface area (Å²) in [5.41, 5.74) is 0.530. The quantitative estimate of drug-likeness (QED) is 0.565. The summed E-state index contributed by atoms with van der Waals surface area (Å²) in [6, 6.07) is 4.01. The van der Waals surface area contributed by atoms with E-state index in [1.807, 2.05) is 17.5 Å². The molecule has 1 aliphatic heterocycles. The fraction of sp³-hybridized carbons (Fsp3) is 0.643. The van der Waals surface area contributed by atoms with Gasteiger partial charge in [0.1, 0.15) is 0 Å². The van der Waals surface area contributed by atoms with E-state index >= 15 is 0 Å². The maximum absolute atomic E-state index is 12.5. The Kier molecular flexibility index (Phi) is 6.69. The second kappa shape index (κ2) is 8.37. The highest BCUT2D eigenvalue weighted by Gasteiger charge is 2.50. The number of piperidine rings is 1. The first-order chi connectivity index (χ1) is 11.7. The van der Waals surface area contributed by atoms with Crippen LogP contribution in [0.15, 0.2) is 22.5 Å². The molecule has 0 aromatic carbocycles. The zero-order chi connectivity index (χ0) is 18.5. The maximum atomic E-state index is 12.5. The zero-order valence-corrected chi connectivity index (χ0v) is 15.1. The molecule has 0 saturated carbocycles. The largest absolute Gasteiger partial charge is 0.511 e. The molecule has 0 spiro atoms. The van der Waals surface area contributed by atoms with Gasteiger partial charge in [0.2, 0.25) is 0 Å².